The second-order valence-corrected chi connectivity index (χ2v) is 7.26. The summed E-state index contributed by atoms with van der Waals surface area (Å²) >= 11 is 5.94. The van der Waals surface area contributed by atoms with Crippen molar-refractivity contribution < 1.29 is 9.18 Å². The number of amides is 1. The Bertz CT molecular complexity index is 1400. The number of fused-ring (bicyclic) bond motifs is 1. The van der Waals surface area contributed by atoms with Crippen LogP contribution in [0.15, 0.2) is 76.4 Å². The molecule has 0 saturated heterocycles. The van der Waals surface area contributed by atoms with Gasteiger partial charge >= 0.3 is 5.69 Å². The first-order valence-corrected chi connectivity index (χ1v) is 9.68. The molecule has 31 heavy (non-hydrogen) atoms. The predicted molar refractivity (Wildman–Crippen MR) is 116 cm³/mol. The highest BCUT2D eigenvalue weighted by Crippen LogP contribution is 2.15. The third-order valence-electron chi connectivity index (χ3n) is 4.64. The first kappa shape index (κ1) is 20.5. The number of rotatable bonds is 5. The van der Waals surface area contributed by atoms with Crippen molar-refractivity contribution in [3.63, 3.8) is 0 Å². The van der Waals surface area contributed by atoms with Gasteiger partial charge in [-0.2, -0.15) is 0 Å². The minimum Gasteiger partial charge on any atom is -0.324 e. The van der Waals surface area contributed by atoms with Gasteiger partial charge in [0.2, 0.25) is 5.91 Å². The monoisotopic (exact) mass is 438 g/mol. The number of aromatic nitrogens is 3. The number of anilines is 1. The highest BCUT2D eigenvalue weighted by Gasteiger charge is 2.16. The molecule has 0 saturated carbocycles. The number of carbonyl (C=O) groups excluding carboxylic acids is 1. The molecule has 9 heteroatoms. The summed E-state index contributed by atoms with van der Waals surface area (Å²) in [7, 11) is 0. The Balaban J connectivity index is 1.75. The third-order valence-corrected chi connectivity index (χ3v) is 4.88. The number of halogens is 2. The van der Waals surface area contributed by atoms with Crippen LogP contribution in [0.25, 0.3) is 11.0 Å². The smallest absolute Gasteiger partial charge is 0.324 e. The number of hydrogen-bond donors (Lipinski definition) is 1. The second-order valence-electron chi connectivity index (χ2n) is 6.82. The Hall–Kier alpha value is -3.78. The molecule has 1 amide bonds. The molecule has 0 radical (unpaired) electrons. The predicted octanol–water partition coefficient (Wildman–Crippen LogP) is 3.04. The van der Waals surface area contributed by atoms with Crippen molar-refractivity contribution in [2.45, 2.75) is 13.1 Å². The van der Waals surface area contributed by atoms with Crippen LogP contribution in [0.2, 0.25) is 5.02 Å². The topological polar surface area (TPSA) is 86.0 Å². The van der Waals surface area contributed by atoms with E-state index in [0.717, 1.165) is 9.13 Å². The van der Waals surface area contributed by atoms with Crippen molar-refractivity contribution in [2.75, 3.05) is 5.32 Å². The van der Waals surface area contributed by atoms with E-state index in [2.05, 4.69) is 10.3 Å². The van der Waals surface area contributed by atoms with Crippen molar-refractivity contribution in [3.8, 4) is 0 Å². The molecule has 0 fully saturated rings. The van der Waals surface area contributed by atoms with Gasteiger partial charge in [-0.05, 0) is 48.0 Å². The first-order chi connectivity index (χ1) is 14.9. The number of benzene rings is 2. The molecule has 0 atom stereocenters. The molecule has 2 aromatic carbocycles. The van der Waals surface area contributed by atoms with Gasteiger partial charge in [-0.3, -0.25) is 18.7 Å². The normalized spacial score (nSPS) is 10.9. The Morgan fingerprint density at radius 3 is 2.55 bits per heavy atom. The molecule has 0 unspecified atom stereocenters. The molecule has 0 spiro atoms. The molecule has 0 aliphatic rings. The maximum Gasteiger partial charge on any atom is 0.333 e. The zero-order chi connectivity index (χ0) is 22.0. The van der Waals surface area contributed by atoms with Gasteiger partial charge in [-0.1, -0.05) is 29.8 Å². The van der Waals surface area contributed by atoms with E-state index in [9.17, 15) is 18.8 Å². The zero-order valence-electron chi connectivity index (χ0n) is 16.1. The number of carbonyl (C=O) groups is 1. The van der Waals surface area contributed by atoms with Crippen molar-refractivity contribution in [3.05, 3.63) is 104 Å². The lowest BCUT2D eigenvalue weighted by Gasteiger charge is -2.13. The first-order valence-electron chi connectivity index (χ1n) is 9.30. The van der Waals surface area contributed by atoms with E-state index >= 15 is 0 Å². The molecule has 2 heterocycles. The van der Waals surface area contributed by atoms with Gasteiger partial charge in [-0.15, -0.1) is 0 Å². The summed E-state index contributed by atoms with van der Waals surface area (Å²) in [4.78, 5) is 42.8. The molecular formula is C22H16ClFN4O3. The van der Waals surface area contributed by atoms with Gasteiger partial charge in [0.15, 0.2) is 0 Å². The van der Waals surface area contributed by atoms with Crippen LogP contribution in [0, 0.1) is 5.82 Å². The Morgan fingerprint density at radius 1 is 1.03 bits per heavy atom. The Morgan fingerprint density at radius 2 is 1.81 bits per heavy atom. The fourth-order valence-electron chi connectivity index (χ4n) is 3.21. The lowest BCUT2D eigenvalue weighted by Crippen LogP contribution is -2.42. The maximum absolute atomic E-state index is 13.2. The number of nitrogens with one attached hydrogen (secondary N) is 1. The van der Waals surface area contributed by atoms with E-state index in [1.54, 1.807) is 30.3 Å². The van der Waals surface area contributed by atoms with Crippen LogP contribution in [-0.2, 0) is 17.9 Å². The van der Waals surface area contributed by atoms with E-state index < -0.39 is 23.0 Å². The quantitative estimate of drug-likeness (QED) is 0.519. The van der Waals surface area contributed by atoms with Crippen molar-refractivity contribution in [2.24, 2.45) is 0 Å². The van der Waals surface area contributed by atoms with Crippen LogP contribution in [0.4, 0.5) is 10.1 Å². The summed E-state index contributed by atoms with van der Waals surface area (Å²) < 4.78 is 15.4. The molecule has 0 aliphatic heterocycles. The van der Waals surface area contributed by atoms with Crippen LogP contribution >= 0.6 is 11.6 Å². The number of hydrogen-bond acceptors (Lipinski definition) is 4. The van der Waals surface area contributed by atoms with E-state index in [4.69, 9.17) is 11.6 Å². The van der Waals surface area contributed by atoms with Gasteiger partial charge in [0, 0.05) is 16.9 Å². The van der Waals surface area contributed by atoms with Gasteiger partial charge in [0.05, 0.1) is 11.9 Å². The molecule has 0 bridgehead atoms. The number of pyridine rings is 1. The van der Waals surface area contributed by atoms with Gasteiger partial charge in [0.1, 0.15) is 18.0 Å². The molecule has 7 nitrogen and oxygen atoms in total. The molecule has 156 valence electrons. The Kier molecular flexibility index (Phi) is 5.64. The fourth-order valence-corrected chi connectivity index (χ4v) is 3.40. The minimum atomic E-state index is -0.693. The number of nitrogens with zero attached hydrogens (tertiary/aromatic N) is 3. The van der Waals surface area contributed by atoms with E-state index in [-0.39, 0.29) is 24.1 Å². The zero-order valence-corrected chi connectivity index (χ0v) is 16.8. The summed E-state index contributed by atoms with van der Waals surface area (Å²) in [5.41, 5.74) is -0.0824. The van der Waals surface area contributed by atoms with Crippen LogP contribution in [-0.4, -0.2) is 20.0 Å². The largest absolute Gasteiger partial charge is 0.333 e. The maximum atomic E-state index is 13.2. The van der Waals surface area contributed by atoms with Crippen LogP contribution in [0.3, 0.4) is 0 Å². The summed E-state index contributed by atoms with van der Waals surface area (Å²) in [5.74, 6) is -0.905. The van der Waals surface area contributed by atoms with Crippen molar-refractivity contribution in [1.82, 2.24) is 14.1 Å². The highest BCUT2D eigenvalue weighted by molar-refractivity contribution is 6.30. The lowest BCUT2D eigenvalue weighted by atomic mass is 10.2. The van der Waals surface area contributed by atoms with Crippen molar-refractivity contribution in [1.29, 1.82) is 0 Å². The van der Waals surface area contributed by atoms with Crippen LogP contribution < -0.4 is 16.6 Å². The third kappa shape index (κ3) is 4.39. The molecule has 4 aromatic rings. The molecular weight excluding hydrogens is 423 g/mol. The van der Waals surface area contributed by atoms with E-state index in [0.29, 0.717) is 16.3 Å². The second kappa shape index (κ2) is 8.53. The van der Waals surface area contributed by atoms with Gasteiger partial charge < -0.3 is 5.32 Å². The standard InChI is InChI=1S/C22H16ClFN4O3/c23-15-3-1-4-17(11-15)26-19(29)13-27-20-18(5-2-10-25-20)21(30)28(22(27)31)12-14-6-8-16(24)9-7-14/h1-11H,12-13H2,(H,26,29). The van der Waals surface area contributed by atoms with Crippen molar-refractivity contribution >= 4 is 34.2 Å². The fraction of sp³-hybridized carbons (Fsp3) is 0.0909. The van der Waals surface area contributed by atoms with Gasteiger partial charge in [0.25, 0.3) is 5.56 Å². The average molecular weight is 439 g/mol. The van der Waals surface area contributed by atoms with Gasteiger partial charge in [-0.25, -0.2) is 14.2 Å². The highest BCUT2D eigenvalue weighted by atomic mass is 35.5. The molecule has 4 rings (SSSR count). The average Bonchev–Trinajstić information content (AvgIpc) is 2.75. The van der Waals surface area contributed by atoms with E-state index in [1.807, 2.05) is 0 Å². The molecule has 0 aliphatic carbocycles. The summed E-state index contributed by atoms with van der Waals surface area (Å²) in [6, 6.07) is 15.2. The van der Waals surface area contributed by atoms with Crippen LogP contribution in [0.5, 0.6) is 0 Å². The molecule has 1 N–H and O–H groups in total. The SMILES string of the molecule is O=C(Cn1c(=O)n(Cc2ccc(F)cc2)c(=O)c2cccnc21)Nc1cccc(Cl)c1. The summed E-state index contributed by atoms with van der Waals surface area (Å²) in [6.45, 7) is -0.429. The summed E-state index contributed by atoms with van der Waals surface area (Å²) in [5, 5.41) is 3.32. The Labute approximate surface area is 180 Å². The van der Waals surface area contributed by atoms with Crippen LogP contribution in [0.1, 0.15) is 5.56 Å². The van der Waals surface area contributed by atoms with E-state index in [1.165, 1.54) is 36.5 Å². The minimum absolute atomic E-state index is 0.0707. The summed E-state index contributed by atoms with van der Waals surface area (Å²) in [6.07, 6.45) is 1.44. The molecule has 2 aromatic heterocycles. The lowest BCUT2D eigenvalue weighted by molar-refractivity contribution is -0.116.